The van der Waals surface area contributed by atoms with Gasteiger partial charge in [0, 0.05) is 6.16 Å². The Bertz CT molecular complexity index is 294. The lowest BCUT2D eigenvalue weighted by Gasteiger charge is -2.04. The summed E-state index contributed by atoms with van der Waals surface area (Å²) in [5.74, 6) is 1.04. The predicted molar refractivity (Wildman–Crippen MR) is 109 cm³/mol. The number of rotatable bonds is 19. The van der Waals surface area contributed by atoms with Crippen molar-refractivity contribution in [2.24, 2.45) is 0 Å². The van der Waals surface area contributed by atoms with Crippen LogP contribution < -0.4 is 0 Å². The Labute approximate surface area is 156 Å². The normalized spacial score (nSPS) is 12.0. The molecule has 0 aromatic rings. The average molecular weight is 381 g/mol. The minimum absolute atomic E-state index is 0.0582. The summed E-state index contributed by atoms with van der Waals surface area (Å²) in [7, 11) is -3.76. The molecule has 0 aliphatic carbocycles. The van der Waals surface area contributed by atoms with Crippen molar-refractivity contribution in [3.63, 3.8) is 0 Å². The van der Waals surface area contributed by atoms with Crippen LogP contribution in [0.5, 0.6) is 0 Å². The molecule has 0 radical (unpaired) electrons. The average Bonchev–Trinajstić information content (AvgIpc) is 2.52. The van der Waals surface area contributed by atoms with Gasteiger partial charge < -0.3 is 9.79 Å². The van der Waals surface area contributed by atoms with Crippen LogP contribution >= 0.6 is 20.2 Å². The Kier molecular flexibility index (Phi) is 18.7. The first-order chi connectivity index (χ1) is 11.6. The molecule has 5 heteroatoms. The van der Waals surface area contributed by atoms with Crippen LogP contribution in [0, 0.1) is 0 Å². The predicted octanol–water partition coefficient (Wildman–Crippen LogP) is 6.73. The van der Waals surface area contributed by atoms with Gasteiger partial charge in [0.1, 0.15) is 0 Å². The van der Waals surface area contributed by atoms with Gasteiger partial charge in [0.15, 0.2) is 0 Å². The van der Waals surface area contributed by atoms with E-state index in [0.717, 1.165) is 18.6 Å². The molecule has 0 heterocycles. The lowest BCUT2D eigenvalue weighted by Crippen LogP contribution is -1.88. The van der Waals surface area contributed by atoms with E-state index in [2.05, 4.69) is 12.6 Å². The summed E-state index contributed by atoms with van der Waals surface area (Å²) in [5, 5.41) is 0. The van der Waals surface area contributed by atoms with Crippen LogP contribution in [-0.2, 0) is 4.57 Å². The first-order valence-electron chi connectivity index (χ1n) is 10.2. The van der Waals surface area contributed by atoms with E-state index in [1.54, 1.807) is 0 Å². The van der Waals surface area contributed by atoms with Crippen molar-refractivity contribution < 1.29 is 14.4 Å². The molecule has 0 rings (SSSR count). The number of hydrogen-bond acceptors (Lipinski definition) is 2. The molecule has 0 saturated heterocycles. The fourth-order valence-corrected chi connectivity index (χ4v) is 3.94. The third-order valence-corrected chi connectivity index (χ3v) is 5.82. The zero-order valence-corrected chi connectivity index (χ0v) is 17.4. The molecule has 0 aliphatic heterocycles. The van der Waals surface area contributed by atoms with Gasteiger partial charge in [-0.2, -0.15) is 12.6 Å². The molecule has 146 valence electrons. The first kappa shape index (κ1) is 24.5. The maximum atomic E-state index is 10.7. The molecule has 0 saturated carbocycles. The van der Waals surface area contributed by atoms with Crippen LogP contribution in [-0.4, -0.2) is 21.7 Å². The number of thiol groups is 1. The molecule has 0 amide bonds. The largest absolute Gasteiger partial charge is 0.325 e. The first-order valence-corrected chi connectivity index (χ1v) is 12.6. The van der Waals surface area contributed by atoms with Crippen LogP contribution in [0.2, 0.25) is 0 Å². The molecule has 0 aromatic heterocycles. The maximum Gasteiger partial charge on any atom is 0.325 e. The highest BCUT2D eigenvalue weighted by atomic mass is 32.1. The Hall–Kier alpha value is 0.500. The summed E-state index contributed by atoms with van der Waals surface area (Å²) in [4.78, 5) is 17.5. The Balaban J connectivity index is 3.02. The molecule has 0 bridgehead atoms. The van der Waals surface area contributed by atoms with Crippen LogP contribution in [0.25, 0.3) is 0 Å². The van der Waals surface area contributed by atoms with Crippen molar-refractivity contribution in [1.82, 2.24) is 0 Å². The number of hydrogen-bond donors (Lipinski definition) is 3. The van der Waals surface area contributed by atoms with Gasteiger partial charge in [-0.1, -0.05) is 96.3 Å². The van der Waals surface area contributed by atoms with Crippen molar-refractivity contribution in [2.75, 3.05) is 11.9 Å². The molecule has 0 atom stereocenters. The minimum atomic E-state index is -3.76. The van der Waals surface area contributed by atoms with Crippen molar-refractivity contribution in [3.05, 3.63) is 0 Å². The quantitative estimate of drug-likeness (QED) is 0.132. The van der Waals surface area contributed by atoms with Gasteiger partial charge in [-0.3, -0.25) is 4.57 Å². The van der Waals surface area contributed by atoms with Gasteiger partial charge in [0.05, 0.1) is 0 Å². The highest BCUT2D eigenvalue weighted by Gasteiger charge is 2.10. The van der Waals surface area contributed by atoms with Crippen molar-refractivity contribution in [3.8, 4) is 0 Å². The second-order valence-electron chi connectivity index (χ2n) is 7.12. The Morgan fingerprint density at radius 1 is 0.500 bits per heavy atom. The van der Waals surface area contributed by atoms with Gasteiger partial charge >= 0.3 is 7.60 Å². The third kappa shape index (κ3) is 22.5. The van der Waals surface area contributed by atoms with Crippen LogP contribution in [0.15, 0.2) is 0 Å². The summed E-state index contributed by atoms with van der Waals surface area (Å²) < 4.78 is 10.7. The monoisotopic (exact) mass is 380 g/mol. The molecule has 24 heavy (non-hydrogen) atoms. The second kappa shape index (κ2) is 18.3. The lowest BCUT2D eigenvalue weighted by atomic mass is 10.0. The Morgan fingerprint density at radius 2 is 0.750 bits per heavy atom. The molecular weight excluding hydrogens is 339 g/mol. The molecule has 0 spiro atoms. The SMILES string of the molecule is O=P(O)(O)CCCCCCCCCCCCCCCCCCCS. The molecule has 3 nitrogen and oxygen atoms in total. The zero-order valence-electron chi connectivity index (χ0n) is 15.6. The van der Waals surface area contributed by atoms with Crippen LogP contribution in [0.3, 0.4) is 0 Å². The van der Waals surface area contributed by atoms with Gasteiger partial charge in [-0.05, 0) is 18.6 Å². The van der Waals surface area contributed by atoms with E-state index in [9.17, 15) is 4.57 Å². The minimum Gasteiger partial charge on any atom is -0.324 e. The van der Waals surface area contributed by atoms with Crippen molar-refractivity contribution >= 4 is 20.2 Å². The van der Waals surface area contributed by atoms with Crippen molar-refractivity contribution in [1.29, 1.82) is 0 Å². The number of unbranched alkanes of at least 4 members (excludes halogenated alkanes) is 16. The molecular formula is C19H41O3PS. The lowest BCUT2D eigenvalue weighted by molar-refractivity contribution is 0.370. The Morgan fingerprint density at radius 3 is 1.00 bits per heavy atom. The summed E-state index contributed by atoms with van der Waals surface area (Å²) in [6.07, 6.45) is 21.8. The summed E-state index contributed by atoms with van der Waals surface area (Å²) in [6, 6.07) is 0. The van der Waals surface area contributed by atoms with Crippen LogP contribution in [0.1, 0.15) is 109 Å². The van der Waals surface area contributed by atoms with E-state index in [0.29, 0.717) is 6.42 Å². The smallest absolute Gasteiger partial charge is 0.324 e. The molecule has 0 unspecified atom stereocenters. The summed E-state index contributed by atoms with van der Waals surface area (Å²) in [5.41, 5.74) is 0. The van der Waals surface area contributed by atoms with E-state index in [-0.39, 0.29) is 6.16 Å². The highest BCUT2D eigenvalue weighted by molar-refractivity contribution is 7.80. The fourth-order valence-electron chi connectivity index (χ4n) is 3.08. The maximum absolute atomic E-state index is 10.7. The molecule has 0 aliphatic rings. The highest BCUT2D eigenvalue weighted by Crippen LogP contribution is 2.35. The van der Waals surface area contributed by atoms with E-state index >= 15 is 0 Å². The van der Waals surface area contributed by atoms with Gasteiger partial charge in [0.2, 0.25) is 0 Å². The third-order valence-electron chi connectivity index (χ3n) is 4.61. The topological polar surface area (TPSA) is 57.5 Å². The van der Waals surface area contributed by atoms with Crippen molar-refractivity contribution in [2.45, 2.75) is 109 Å². The van der Waals surface area contributed by atoms with Gasteiger partial charge in [0.25, 0.3) is 0 Å². The zero-order chi connectivity index (χ0) is 17.9. The molecule has 0 aromatic carbocycles. The van der Waals surface area contributed by atoms with E-state index < -0.39 is 7.60 Å². The van der Waals surface area contributed by atoms with E-state index in [1.165, 1.54) is 89.9 Å². The fraction of sp³-hybridized carbons (Fsp3) is 1.00. The van der Waals surface area contributed by atoms with Gasteiger partial charge in [-0.15, -0.1) is 0 Å². The second-order valence-corrected chi connectivity index (χ2v) is 9.35. The summed E-state index contributed by atoms with van der Waals surface area (Å²) in [6.45, 7) is 0. The van der Waals surface area contributed by atoms with Gasteiger partial charge in [-0.25, -0.2) is 0 Å². The van der Waals surface area contributed by atoms with E-state index in [4.69, 9.17) is 9.79 Å². The van der Waals surface area contributed by atoms with Crippen LogP contribution in [0.4, 0.5) is 0 Å². The summed E-state index contributed by atoms with van der Waals surface area (Å²) >= 11 is 4.24. The molecule has 2 N–H and O–H groups in total. The standard InChI is InChI=1S/C19H41O3PS/c20-23(21,22)18-16-14-12-10-8-6-4-2-1-3-5-7-9-11-13-15-17-19-24/h24H,1-19H2,(H2,20,21,22). The molecule has 0 fully saturated rings. The van der Waals surface area contributed by atoms with E-state index in [1.807, 2.05) is 0 Å².